The van der Waals surface area contributed by atoms with Gasteiger partial charge in [0.15, 0.2) is 0 Å². The van der Waals surface area contributed by atoms with Crippen molar-refractivity contribution in [3.63, 3.8) is 0 Å². The monoisotopic (exact) mass is 228 g/mol. The summed E-state index contributed by atoms with van der Waals surface area (Å²) >= 11 is 0. The molecule has 16 heavy (non-hydrogen) atoms. The van der Waals surface area contributed by atoms with Crippen LogP contribution in [-0.2, 0) is 0 Å². The molecule has 1 saturated heterocycles. The highest BCUT2D eigenvalue weighted by Gasteiger charge is 2.11. The van der Waals surface area contributed by atoms with Crippen molar-refractivity contribution < 1.29 is 0 Å². The molecular weight excluding hydrogens is 200 g/mol. The molecule has 1 rings (SSSR count). The molecule has 1 unspecified atom stereocenters. The van der Waals surface area contributed by atoms with Crippen LogP contribution in [0.2, 0.25) is 0 Å². The van der Waals surface area contributed by atoms with Crippen LogP contribution in [0.15, 0.2) is 0 Å². The van der Waals surface area contributed by atoms with Crippen molar-refractivity contribution in [2.24, 2.45) is 0 Å². The second-order valence-electron chi connectivity index (χ2n) is 4.54. The third-order valence-electron chi connectivity index (χ3n) is 3.32. The summed E-state index contributed by atoms with van der Waals surface area (Å²) in [6, 6.07) is 0.699. The van der Waals surface area contributed by atoms with Gasteiger partial charge in [0.1, 0.15) is 0 Å². The molecule has 1 atom stereocenters. The van der Waals surface area contributed by atoms with Crippen LogP contribution in [0.25, 0.3) is 0 Å². The number of hydrogen-bond acceptors (Lipinski definition) is 4. The van der Waals surface area contributed by atoms with Crippen molar-refractivity contribution in [3.05, 3.63) is 0 Å². The molecule has 96 valence electrons. The molecule has 0 bridgehead atoms. The topological polar surface area (TPSA) is 39.3 Å². The molecular formula is C12H28N4. The third-order valence-corrected chi connectivity index (χ3v) is 3.32. The van der Waals surface area contributed by atoms with Gasteiger partial charge in [0, 0.05) is 58.4 Å². The maximum Gasteiger partial charge on any atom is 0.0110 e. The highest BCUT2D eigenvalue weighted by Crippen LogP contribution is 2.01. The number of nitrogens with zero attached hydrogens (tertiary/aromatic N) is 1. The molecule has 0 aliphatic carbocycles. The predicted octanol–water partition coefficient (Wildman–Crippen LogP) is -0.131. The quantitative estimate of drug-likeness (QED) is 0.616. The van der Waals surface area contributed by atoms with Crippen LogP contribution in [0, 0.1) is 0 Å². The molecule has 1 aliphatic heterocycles. The summed E-state index contributed by atoms with van der Waals surface area (Å²) < 4.78 is 0. The molecule has 0 saturated carbocycles. The first-order valence-corrected chi connectivity index (χ1v) is 6.70. The van der Waals surface area contributed by atoms with Crippen molar-refractivity contribution in [3.8, 4) is 0 Å². The Morgan fingerprint density at radius 2 is 1.31 bits per heavy atom. The molecule has 0 amide bonds. The number of nitrogens with one attached hydrogen (secondary N) is 3. The van der Waals surface area contributed by atoms with E-state index >= 15 is 0 Å². The van der Waals surface area contributed by atoms with Gasteiger partial charge in [-0.05, 0) is 13.3 Å². The van der Waals surface area contributed by atoms with Crippen molar-refractivity contribution in [1.82, 2.24) is 20.9 Å². The predicted molar refractivity (Wildman–Crippen MR) is 69.9 cm³/mol. The summed E-state index contributed by atoms with van der Waals surface area (Å²) in [4.78, 5) is 2.58. The minimum atomic E-state index is 0.699. The smallest absolute Gasteiger partial charge is 0.0110 e. The summed E-state index contributed by atoms with van der Waals surface area (Å²) in [6.45, 7) is 13.4. The summed E-state index contributed by atoms with van der Waals surface area (Å²) in [6.07, 6.45) is 1.24. The lowest BCUT2D eigenvalue weighted by Crippen LogP contribution is -2.44. The lowest BCUT2D eigenvalue weighted by molar-refractivity contribution is 0.204. The van der Waals surface area contributed by atoms with Crippen molar-refractivity contribution in [1.29, 1.82) is 0 Å². The fourth-order valence-electron chi connectivity index (χ4n) is 1.98. The second-order valence-corrected chi connectivity index (χ2v) is 4.54. The number of rotatable bonds is 2. The second kappa shape index (κ2) is 8.93. The Labute approximate surface area is 100 Å². The molecule has 4 nitrogen and oxygen atoms in total. The van der Waals surface area contributed by atoms with E-state index in [0.717, 1.165) is 52.4 Å². The SMILES string of the molecule is CCC(C)N1CCNCCNCCNCC1. The largest absolute Gasteiger partial charge is 0.314 e. The van der Waals surface area contributed by atoms with E-state index in [1.807, 2.05) is 0 Å². The van der Waals surface area contributed by atoms with Crippen LogP contribution < -0.4 is 16.0 Å². The average Bonchev–Trinajstić information content (AvgIpc) is 2.29. The zero-order valence-corrected chi connectivity index (χ0v) is 10.9. The van der Waals surface area contributed by atoms with Crippen molar-refractivity contribution in [2.45, 2.75) is 26.3 Å². The van der Waals surface area contributed by atoms with Gasteiger partial charge >= 0.3 is 0 Å². The minimum absolute atomic E-state index is 0.699. The van der Waals surface area contributed by atoms with Gasteiger partial charge in [-0.2, -0.15) is 0 Å². The fourth-order valence-corrected chi connectivity index (χ4v) is 1.98. The van der Waals surface area contributed by atoms with E-state index in [1.54, 1.807) is 0 Å². The lowest BCUT2D eigenvalue weighted by atomic mass is 10.2. The molecule has 1 aliphatic rings. The lowest BCUT2D eigenvalue weighted by Gasteiger charge is -2.29. The van der Waals surface area contributed by atoms with Gasteiger partial charge in [-0.25, -0.2) is 0 Å². The van der Waals surface area contributed by atoms with Gasteiger partial charge in [0.2, 0.25) is 0 Å². The summed E-state index contributed by atoms with van der Waals surface area (Å²) in [5, 5.41) is 10.4. The average molecular weight is 228 g/mol. The Morgan fingerprint density at radius 1 is 0.875 bits per heavy atom. The minimum Gasteiger partial charge on any atom is -0.314 e. The van der Waals surface area contributed by atoms with Crippen LogP contribution >= 0.6 is 0 Å². The van der Waals surface area contributed by atoms with Gasteiger partial charge < -0.3 is 16.0 Å². The van der Waals surface area contributed by atoms with E-state index < -0.39 is 0 Å². The van der Waals surface area contributed by atoms with E-state index in [9.17, 15) is 0 Å². The molecule has 1 fully saturated rings. The van der Waals surface area contributed by atoms with E-state index in [2.05, 4.69) is 34.7 Å². The standard InChI is InChI=1S/C12H28N4/c1-3-12(2)16-10-8-14-6-4-13-5-7-15-9-11-16/h12-15H,3-11H2,1-2H3. The van der Waals surface area contributed by atoms with E-state index in [4.69, 9.17) is 0 Å². The van der Waals surface area contributed by atoms with E-state index in [1.165, 1.54) is 6.42 Å². The summed E-state index contributed by atoms with van der Waals surface area (Å²) in [5.41, 5.74) is 0. The molecule has 0 aromatic rings. The van der Waals surface area contributed by atoms with E-state index in [0.29, 0.717) is 6.04 Å². The Balaban J connectivity index is 2.30. The maximum absolute atomic E-state index is 3.49. The summed E-state index contributed by atoms with van der Waals surface area (Å²) in [5.74, 6) is 0. The first-order valence-electron chi connectivity index (χ1n) is 6.70. The number of hydrogen-bond donors (Lipinski definition) is 3. The van der Waals surface area contributed by atoms with Crippen LogP contribution in [0.5, 0.6) is 0 Å². The highest BCUT2D eigenvalue weighted by molar-refractivity contribution is 4.69. The zero-order chi connectivity index (χ0) is 11.6. The van der Waals surface area contributed by atoms with Gasteiger partial charge in [-0.15, -0.1) is 0 Å². The van der Waals surface area contributed by atoms with Crippen LogP contribution in [-0.4, -0.2) is 63.3 Å². The summed E-state index contributed by atoms with van der Waals surface area (Å²) in [7, 11) is 0. The zero-order valence-electron chi connectivity index (χ0n) is 10.9. The normalized spacial score (nSPS) is 24.4. The first kappa shape index (κ1) is 13.9. The van der Waals surface area contributed by atoms with Gasteiger partial charge in [-0.1, -0.05) is 6.92 Å². The van der Waals surface area contributed by atoms with E-state index in [-0.39, 0.29) is 0 Å². The van der Waals surface area contributed by atoms with Gasteiger partial charge in [-0.3, -0.25) is 4.90 Å². The van der Waals surface area contributed by atoms with Crippen LogP contribution in [0.1, 0.15) is 20.3 Å². The Morgan fingerprint density at radius 3 is 1.75 bits per heavy atom. The Hall–Kier alpha value is -0.160. The fraction of sp³-hybridized carbons (Fsp3) is 1.00. The van der Waals surface area contributed by atoms with Crippen molar-refractivity contribution in [2.75, 3.05) is 52.4 Å². The highest BCUT2D eigenvalue weighted by atomic mass is 15.2. The Bertz CT molecular complexity index is 151. The van der Waals surface area contributed by atoms with Gasteiger partial charge in [0.05, 0.1) is 0 Å². The van der Waals surface area contributed by atoms with Crippen molar-refractivity contribution >= 4 is 0 Å². The molecule has 3 N–H and O–H groups in total. The third kappa shape index (κ3) is 5.80. The molecule has 0 aromatic heterocycles. The molecule has 4 heteroatoms. The first-order chi connectivity index (χ1) is 7.84. The maximum atomic E-state index is 3.49. The van der Waals surface area contributed by atoms with Gasteiger partial charge in [0.25, 0.3) is 0 Å². The molecule has 0 spiro atoms. The molecule has 0 aromatic carbocycles. The van der Waals surface area contributed by atoms with Crippen LogP contribution in [0.3, 0.4) is 0 Å². The molecule has 0 radical (unpaired) electrons. The van der Waals surface area contributed by atoms with Crippen LogP contribution in [0.4, 0.5) is 0 Å². The molecule has 1 heterocycles. The Kier molecular flexibility index (Phi) is 7.76.